The Morgan fingerprint density at radius 1 is 0.875 bits per heavy atom. The monoisotopic (exact) mass is 865 g/mol. The number of piperidine rings is 1. The number of piperazine rings is 1. The Labute approximate surface area is 372 Å². The van der Waals surface area contributed by atoms with Crippen LogP contribution in [0.5, 0.6) is 0 Å². The maximum Gasteiger partial charge on any atom is 0.328 e. The van der Waals surface area contributed by atoms with Gasteiger partial charge in [0.1, 0.15) is 23.5 Å². The van der Waals surface area contributed by atoms with Gasteiger partial charge in [-0.15, -0.1) is 0 Å². The van der Waals surface area contributed by atoms with Gasteiger partial charge in [0.05, 0.1) is 11.7 Å². The number of rotatable bonds is 10. The molecule has 332 valence electrons. The molecule has 0 spiro atoms. The number of nitrogens with one attached hydrogen (secondary N) is 3. The van der Waals surface area contributed by atoms with E-state index in [1.807, 2.05) is 65.9 Å². The number of benzene rings is 2. The first-order valence-corrected chi connectivity index (χ1v) is 22.1. The van der Waals surface area contributed by atoms with Crippen LogP contribution < -0.4 is 25.3 Å². The van der Waals surface area contributed by atoms with Crippen LogP contribution >= 0.6 is 0 Å². The third-order valence-electron chi connectivity index (χ3n) is 12.7. The molecule has 64 heavy (non-hydrogen) atoms. The summed E-state index contributed by atoms with van der Waals surface area (Å²) in [6, 6.07) is 15.8. The highest BCUT2D eigenvalue weighted by Gasteiger charge is 2.29. The van der Waals surface area contributed by atoms with E-state index in [4.69, 9.17) is 14.5 Å². The number of aryl methyl sites for hydroxylation is 2. The second-order valence-electron chi connectivity index (χ2n) is 18.3. The number of urea groups is 1. The van der Waals surface area contributed by atoms with Crippen LogP contribution in [0, 0.1) is 19.8 Å². The number of anilines is 3. The Kier molecular flexibility index (Phi) is 11.6. The van der Waals surface area contributed by atoms with Gasteiger partial charge in [0.15, 0.2) is 5.65 Å². The van der Waals surface area contributed by atoms with Crippen LogP contribution in [-0.2, 0) is 10.2 Å². The molecule has 3 aliphatic heterocycles. The molecule has 6 aromatic rings. The van der Waals surface area contributed by atoms with Crippen LogP contribution in [0.4, 0.5) is 22.0 Å². The van der Waals surface area contributed by atoms with E-state index in [2.05, 4.69) is 80.8 Å². The van der Waals surface area contributed by atoms with Gasteiger partial charge < -0.3 is 24.6 Å². The third kappa shape index (κ3) is 8.89. The highest BCUT2D eigenvalue weighted by molar-refractivity contribution is 6.06. The van der Waals surface area contributed by atoms with Gasteiger partial charge in [-0.05, 0) is 92.6 Å². The summed E-state index contributed by atoms with van der Waals surface area (Å²) in [6.45, 7) is 19.2. The number of H-pyrrole nitrogens is 1. The highest BCUT2D eigenvalue weighted by atomic mass is 16.5. The highest BCUT2D eigenvalue weighted by Crippen LogP contribution is 2.32. The molecule has 4 aromatic heterocycles. The number of fused-ring (bicyclic) bond motifs is 1. The molecule has 9 rings (SSSR count). The van der Waals surface area contributed by atoms with E-state index >= 15 is 0 Å². The van der Waals surface area contributed by atoms with Crippen molar-refractivity contribution >= 4 is 46.2 Å². The number of pyridine rings is 1. The van der Waals surface area contributed by atoms with Gasteiger partial charge in [-0.2, -0.15) is 4.98 Å². The molecule has 1 unspecified atom stereocenters. The van der Waals surface area contributed by atoms with Crippen molar-refractivity contribution in [3.63, 3.8) is 0 Å². The fourth-order valence-corrected chi connectivity index (χ4v) is 9.00. The van der Waals surface area contributed by atoms with Crippen LogP contribution in [0.2, 0.25) is 0 Å². The lowest BCUT2D eigenvalue weighted by Crippen LogP contribution is -2.49. The first kappa shape index (κ1) is 42.5. The van der Waals surface area contributed by atoms with Crippen molar-refractivity contribution in [2.45, 2.75) is 72.3 Å². The minimum absolute atomic E-state index is 0.0120. The van der Waals surface area contributed by atoms with E-state index in [0.29, 0.717) is 36.2 Å². The zero-order valence-corrected chi connectivity index (χ0v) is 37.3. The van der Waals surface area contributed by atoms with Gasteiger partial charge in [0, 0.05) is 92.9 Å². The molecule has 0 bridgehead atoms. The number of hydrogen-bond acceptors (Lipinski definition) is 13. The Morgan fingerprint density at radius 3 is 2.34 bits per heavy atom. The Bertz CT molecular complexity index is 2690. The van der Waals surface area contributed by atoms with Crippen molar-refractivity contribution in [2.24, 2.45) is 5.92 Å². The molecule has 4 amide bonds. The standard InChI is InChI=1S/C47H55N13O4/c1-28-23-32(7-10-35(28)30(3)51-44(62)43-55-45(64-56-43)47(4,5)6)39-40-42(50-27-49-39)54-41(53-40)33-8-12-37(48-25-33)59-21-19-57(20-22-59)26-31-13-16-58(17-14-31)34-9-11-36(29(2)24-34)60-18-15-38(61)52-46(60)63/h7-12,23-25,27,30-31H,13-22,26H2,1-6H3,(H,51,62)(H,52,61,63)(H,49,50,53,54). The zero-order valence-electron chi connectivity index (χ0n) is 37.3. The Hall–Kier alpha value is -6.75. The number of carbonyl (C=O) groups is 3. The minimum atomic E-state index is -0.396. The Morgan fingerprint density at radius 2 is 1.66 bits per heavy atom. The summed E-state index contributed by atoms with van der Waals surface area (Å²) in [4.78, 5) is 72.6. The fraction of sp³-hybridized carbons (Fsp3) is 0.426. The summed E-state index contributed by atoms with van der Waals surface area (Å²) < 4.78 is 5.31. The molecular weight excluding hydrogens is 811 g/mol. The van der Waals surface area contributed by atoms with E-state index in [0.717, 1.165) is 109 Å². The van der Waals surface area contributed by atoms with Crippen LogP contribution in [-0.4, -0.2) is 110 Å². The number of amides is 4. The van der Waals surface area contributed by atoms with Gasteiger partial charge in [0.25, 0.3) is 11.7 Å². The van der Waals surface area contributed by atoms with Crippen LogP contribution in [0.1, 0.15) is 86.2 Å². The maximum absolute atomic E-state index is 13.0. The van der Waals surface area contributed by atoms with E-state index in [-0.39, 0.29) is 29.2 Å². The normalized spacial score (nSPS) is 17.2. The van der Waals surface area contributed by atoms with Gasteiger partial charge in [-0.1, -0.05) is 38.1 Å². The van der Waals surface area contributed by atoms with Gasteiger partial charge in [-0.3, -0.25) is 24.7 Å². The van der Waals surface area contributed by atoms with E-state index in [9.17, 15) is 14.4 Å². The molecular formula is C47H55N13O4. The zero-order chi connectivity index (χ0) is 44.7. The van der Waals surface area contributed by atoms with E-state index < -0.39 is 5.91 Å². The minimum Gasteiger partial charge on any atom is -0.372 e. The molecule has 3 saturated heterocycles. The van der Waals surface area contributed by atoms with E-state index in [1.165, 1.54) is 12.0 Å². The van der Waals surface area contributed by atoms with E-state index in [1.54, 1.807) is 4.90 Å². The number of aromatic nitrogens is 7. The fourth-order valence-electron chi connectivity index (χ4n) is 9.00. The summed E-state index contributed by atoms with van der Waals surface area (Å²) in [5.41, 5.74) is 8.47. The van der Waals surface area contributed by atoms with Crippen molar-refractivity contribution in [1.29, 1.82) is 0 Å². The summed E-state index contributed by atoms with van der Waals surface area (Å²) >= 11 is 0. The second kappa shape index (κ2) is 17.4. The van der Waals surface area contributed by atoms with Gasteiger partial charge >= 0.3 is 6.03 Å². The molecule has 3 N–H and O–H groups in total. The van der Waals surface area contributed by atoms with Crippen molar-refractivity contribution in [1.82, 2.24) is 50.6 Å². The molecule has 17 nitrogen and oxygen atoms in total. The molecule has 7 heterocycles. The second-order valence-corrected chi connectivity index (χ2v) is 18.3. The number of imidazole rings is 1. The summed E-state index contributed by atoms with van der Waals surface area (Å²) in [6.07, 6.45) is 6.01. The van der Waals surface area contributed by atoms with Crippen molar-refractivity contribution in [3.05, 3.63) is 89.5 Å². The first-order valence-electron chi connectivity index (χ1n) is 22.1. The van der Waals surface area contributed by atoms with Crippen LogP contribution in [0.15, 0.2) is 65.6 Å². The van der Waals surface area contributed by atoms with Crippen LogP contribution in [0.25, 0.3) is 33.8 Å². The molecule has 0 aliphatic carbocycles. The summed E-state index contributed by atoms with van der Waals surface area (Å²) in [5, 5.41) is 9.30. The lowest BCUT2D eigenvalue weighted by molar-refractivity contribution is -0.120. The number of carbonyl (C=O) groups excluding carboxylic acids is 3. The predicted octanol–water partition coefficient (Wildman–Crippen LogP) is 6.36. The van der Waals surface area contributed by atoms with Crippen LogP contribution in [0.3, 0.4) is 0 Å². The SMILES string of the molecule is Cc1cc(-c2ncnc3nc(-c4ccc(N5CCN(CC6CCN(c7ccc(N8CCC(=O)NC8=O)c(C)c7)CC6)CC5)nc4)[nH]c23)ccc1C(C)NC(=O)c1noc(C(C)(C)C)n1. The predicted molar refractivity (Wildman–Crippen MR) is 244 cm³/mol. The smallest absolute Gasteiger partial charge is 0.328 e. The lowest BCUT2D eigenvalue weighted by Gasteiger charge is -2.40. The number of imide groups is 1. The molecule has 2 aromatic carbocycles. The van der Waals surface area contributed by atoms with Gasteiger partial charge in [0.2, 0.25) is 11.8 Å². The van der Waals surface area contributed by atoms with Crippen molar-refractivity contribution in [2.75, 3.05) is 67.1 Å². The van der Waals surface area contributed by atoms with Gasteiger partial charge in [-0.25, -0.2) is 24.7 Å². The third-order valence-corrected chi connectivity index (χ3v) is 12.7. The largest absolute Gasteiger partial charge is 0.372 e. The molecule has 17 heteroatoms. The molecule has 1 atom stereocenters. The quantitative estimate of drug-likeness (QED) is 0.138. The lowest BCUT2D eigenvalue weighted by atomic mass is 9.95. The van der Waals surface area contributed by atoms with Crippen molar-refractivity contribution in [3.8, 4) is 22.6 Å². The average Bonchev–Trinajstić information content (AvgIpc) is 3.97. The molecule has 3 fully saturated rings. The first-order chi connectivity index (χ1) is 30.8. The maximum atomic E-state index is 13.0. The Balaban J connectivity index is 0.771. The number of hydrogen-bond donors (Lipinski definition) is 3. The number of aromatic amines is 1. The number of nitrogens with zero attached hydrogens (tertiary/aromatic N) is 10. The molecule has 0 saturated carbocycles. The van der Waals surface area contributed by atoms with Crippen molar-refractivity contribution < 1.29 is 18.9 Å². The molecule has 3 aliphatic rings. The molecule has 0 radical (unpaired) electrons. The summed E-state index contributed by atoms with van der Waals surface area (Å²) in [7, 11) is 0. The average molecular weight is 866 g/mol. The topological polar surface area (TPSA) is 194 Å². The summed E-state index contributed by atoms with van der Waals surface area (Å²) in [5.74, 6) is 2.09.